The van der Waals surface area contributed by atoms with Crippen LogP contribution in [0.25, 0.3) is 0 Å². The van der Waals surface area contributed by atoms with Crippen molar-refractivity contribution in [3.8, 4) is 12.3 Å². The van der Waals surface area contributed by atoms with Crippen molar-refractivity contribution in [2.24, 2.45) is 5.92 Å². The number of hydrogen-bond donors (Lipinski definition) is 1. The van der Waals surface area contributed by atoms with Crippen LogP contribution in [0.3, 0.4) is 0 Å². The minimum Gasteiger partial charge on any atom is -0.389 e. The highest BCUT2D eigenvalue weighted by molar-refractivity contribution is 5.56. The fraction of sp³-hybridized carbons (Fsp3) is 0.467. The van der Waals surface area contributed by atoms with Crippen LogP contribution in [0.5, 0.6) is 0 Å². The van der Waals surface area contributed by atoms with Crippen molar-refractivity contribution < 1.29 is 9.50 Å². The highest BCUT2D eigenvalue weighted by atomic mass is 19.1. The topological polar surface area (TPSA) is 23.5 Å². The number of rotatable bonds is 5. The van der Waals surface area contributed by atoms with E-state index in [1.807, 2.05) is 11.0 Å². The number of anilines is 1. The molecule has 3 heteroatoms. The fourth-order valence-electron chi connectivity index (χ4n) is 2.19. The zero-order valence-corrected chi connectivity index (χ0v) is 10.6. The van der Waals surface area contributed by atoms with Gasteiger partial charge in [0.25, 0.3) is 0 Å². The molecule has 96 valence electrons. The molecule has 1 aliphatic carbocycles. The second kappa shape index (κ2) is 5.41. The Bertz CT molecular complexity index is 460. The van der Waals surface area contributed by atoms with Gasteiger partial charge in [-0.25, -0.2) is 4.39 Å². The van der Waals surface area contributed by atoms with E-state index in [4.69, 9.17) is 6.42 Å². The van der Waals surface area contributed by atoms with E-state index in [9.17, 15) is 9.50 Å². The Kier molecular flexibility index (Phi) is 3.88. The van der Waals surface area contributed by atoms with E-state index in [2.05, 4.69) is 5.92 Å². The Hall–Kier alpha value is -1.53. The first-order valence-electron chi connectivity index (χ1n) is 6.28. The summed E-state index contributed by atoms with van der Waals surface area (Å²) in [4.78, 5) is 1.99. The number of halogens is 1. The zero-order valence-electron chi connectivity index (χ0n) is 10.6. The van der Waals surface area contributed by atoms with Gasteiger partial charge in [0.05, 0.1) is 12.6 Å². The first-order chi connectivity index (χ1) is 8.63. The van der Waals surface area contributed by atoms with Crippen LogP contribution in [-0.2, 0) is 0 Å². The number of benzene rings is 1. The van der Waals surface area contributed by atoms with Gasteiger partial charge in [0.1, 0.15) is 5.82 Å². The molecule has 1 aromatic rings. The van der Waals surface area contributed by atoms with Gasteiger partial charge in [-0.3, -0.25) is 0 Å². The number of aliphatic hydroxyl groups is 1. The first-order valence-corrected chi connectivity index (χ1v) is 6.28. The van der Waals surface area contributed by atoms with E-state index in [1.54, 1.807) is 13.0 Å². The summed E-state index contributed by atoms with van der Waals surface area (Å²) >= 11 is 0. The van der Waals surface area contributed by atoms with E-state index >= 15 is 0 Å². The average Bonchev–Trinajstić information content (AvgIpc) is 3.11. The quantitative estimate of drug-likeness (QED) is 0.809. The number of hydrogen-bond acceptors (Lipinski definition) is 2. The fourth-order valence-corrected chi connectivity index (χ4v) is 2.19. The van der Waals surface area contributed by atoms with Crippen LogP contribution in [0.15, 0.2) is 18.2 Å². The highest BCUT2D eigenvalue weighted by Gasteiger charge is 2.26. The zero-order chi connectivity index (χ0) is 13.1. The lowest BCUT2D eigenvalue weighted by Gasteiger charge is -2.26. The number of aliphatic hydroxyl groups excluding tert-OH is 1. The maximum atomic E-state index is 13.8. The van der Waals surface area contributed by atoms with E-state index in [1.165, 1.54) is 18.9 Å². The smallest absolute Gasteiger partial charge is 0.131 e. The van der Waals surface area contributed by atoms with Crippen molar-refractivity contribution in [1.82, 2.24) is 0 Å². The first kappa shape index (κ1) is 12.9. The summed E-state index contributed by atoms with van der Waals surface area (Å²) in [6, 6.07) is 4.86. The van der Waals surface area contributed by atoms with Gasteiger partial charge in [-0.2, -0.15) is 0 Å². The van der Waals surface area contributed by atoms with Crippen LogP contribution >= 0.6 is 0 Å². The van der Waals surface area contributed by atoms with Crippen LogP contribution in [0.2, 0.25) is 0 Å². The molecule has 0 radical (unpaired) electrons. The molecule has 0 saturated heterocycles. The van der Waals surface area contributed by atoms with Gasteiger partial charge in [-0.05, 0) is 37.8 Å². The monoisotopic (exact) mass is 247 g/mol. The molecule has 18 heavy (non-hydrogen) atoms. The molecule has 0 spiro atoms. The minimum atomic E-state index is -0.833. The van der Waals surface area contributed by atoms with Crippen molar-refractivity contribution in [2.75, 3.05) is 18.0 Å². The number of terminal acetylenes is 1. The summed E-state index contributed by atoms with van der Waals surface area (Å²) in [5.41, 5.74) is 1.06. The Balaban J connectivity index is 2.33. The van der Waals surface area contributed by atoms with Gasteiger partial charge in [-0.1, -0.05) is 12.0 Å². The summed E-state index contributed by atoms with van der Waals surface area (Å²) < 4.78 is 13.8. The lowest BCUT2D eigenvalue weighted by atomic mass is 10.1. The summed E-state index contributed by atoms with van der Waals surface area (Å²) in [5, 5.41) is 9.73. The van der Waals surface area contributed by atoms with Gasteiger partial charge in [0, 0.05) is 17.8 Å². The maximum absolute atomic E-state index is 13.8. The third-order valence-corrected chi connectivity index (χ3v) is 3.25. The molecule has 0 amide bonds. The summed E-state index contributed by atoms with van der Waals surface area (Å²) in [5.74, 6) is 2.89. The predicted octanol–water partition coefficient (Wildman–Crippen LogP) is 2.73. The van der Waals surface area contributed by atoms with Crippen LogP contribution in [0.1, 0.15) is 31.4 Å². The Morgan fingerprint density at radius 2 is 2.28 bits per heavy atom. The Labute approximate surface area is 107 Å². The molecule has 0 aliphatic heterocycles. The van der Waals surface area contributed by atoms with E-state index in [0.29, 0.717) is 18.0 Å². The van der Waals surface area contributed by atoms with Gasteiger partial charge < -0.3 is 10.0 Å². The molecule has 0 aromatic heterocycles. The molecule has 2 nitrogen and oxygen atoms in total. The molecular formula is C15H18FNO. The van der Waals surface area contributed by atoms with Crippen molar-refractivity contribution in [1.29, 1.82) is 0 Å². The maximum Gasteiger partial charge on any atom is 0.131 e. The van der Waals surface area contributed by atoms with E-state index < -0.39 is 6.10 Å². The summed E-state index contributed by atoms with van der Waals surface area (Å²) in [6.45, 7) is 2.86. The second-order valence-electron chi connectivity index (χ2n) is 4.88. The molecule has 1 aliphatic rings. The third kappa shape index (κ3) is 2.83. The predicted molar refractivity (Wildman–Crippen MR) is 70.8 cm³/mol. The van der Waals surface area contributed by atoms with Crippen LogP contribution in [-0.4, -0.2) is 18.2 Å². The van der Waals surface area contributed by atoms with Crippen LogP contribution < -0.4 is 4.90 Å². The molecule has 1 saturated carbocycles. The molecule has 1 fully saturated rings. The molecular weight excluding hydrogens is 229 g/mol. The largest absolute Gasteiger partial charge is 0.389 e. The summed E-state index contributed by atoms with van der Waals surface area (Å²) in [7, 11) is 0. The molecule has 2 rings (SSSR count). The van der Waals surface area contributed by atoms with Crippen molar-refractivity contribution >= 4 is 5.69 Å². The molecule has 1 N–H and O–H groups in total. The van der Waals surface area contributed by atoms with E-state index in [-0.39, 0.29) is 5.82 Å². The second-order valence-corrected chi connectivity index (χ2v) is 4.88. The van der Waals surface area contributed by atoms with Gasteiger partial charge in [0.2, 0.25) is 0 Å². The molecule has 1 atom stereocenters. The van der Waals surface area contributed by atoms with Gasteiger partial charge in [-0.15, -0.1) is 6.42 Å². The SMILES string of the molecule is C#CCN(CC1CC1)c1cccc(F)c1[C@H](C)O. The minimum absolute atomic E-state index is 0.341. The van der Waals surface area contributed by atoms with Crippen molar-refractivity contribution in [2.45, 2.75) is 25.9 Å². The molecule has 0 unspecified atom stereocenters. The van der Waals surface area contributed by atoms with E-state index in [0.717, 1.165) is 12.2 Å². The summed E-state index contributed by atoms with van der Waals surface area (Å²) in [6.07, 6.45) is 6.96. The lowest BCUT2D eigenvalue weighted by Crippen LogP contribution is -2.27. The number of nitrogens with zero attached hydrogens (tertiary/aromatic N) is 1. The normalized spacial score (nSPS) is 16.1. The Morgan fingerprint density at radius 1 is 1.56 bits per heavy atom. The Morgan fingerprint density at radius 3 is 2.83 bits per heavy atom. The van der Waals surface area contributed by atoms with Crippen molar-refractivity contribution in [3.05, 3.63) is 29.6 Å². The third-order valence-electron chi connectivity index (χ3n) is 3.25. The van der Waals surface area contributed by atoms with Crippen molar-refractivity contribution in [3.63, 3.8) is 0 Å². The van der Waals surface area contributed by atoms with Gasteiger partial charge in [0.15, 0.2) is 0 Å². The highest BCUT2D eigenvalue weighted by Crippen LogP contribution is 2.34. The molecule has 1 aromatic carbocycles. The van der Waals surface area contributed by atoms with Crippen LogP contribution in [0, 0.1) is 24.1 Å². The molecule has 0 heterocycles. The standard InChI is InChI=1S/C15H18FNO/c1-3-9-17(10-12-7-8-12)14-6-4-5-13(16)15(14)11(2)18/h1,4-6,11-12,18H,7-10H2,2H3/t11-/m0/s1. The molecule has 0 bridgehead atoms. The van der Waals surface area contributed by atoms with Crippen LogP contribution in [0.4, 0.5) is 10.1 Å². The van der Waals surface area contributed by atoms with Gasteiger partial charge >= 0.3 is 0 Å². The average molecular weight is 247 g/mol. The lowest BCUT2D eigenvalue weighted by molar-refractivity contribution is 0.194.